The van der Waals surface area contributed by atoms with E-state index in [2.05, 4.69) is 28.8 Å². The summed E-state index contributed by atoms with van der Waals surface area (Å²) in [6, 6.07) is -0.0351. The van der Waals surface area contributed by atoms with E-state index in [4.69, 9.17) is 0 Å². The summed E-state index contributed by atoms with van der Waals surface area (Å²) in [5.41, 5.74) is 0.631. The third-order valence-corrected chi connectivity index (χ3v) is 6.02. The molecule has 1 aromatic heterocycles. The summed E-state index contributed by atoms with van der Waals surface area (Å²) in [4.78, 5) is 0.0891. The molecule has 7 heteroatoms. The van der Waals surface area contributed by atoms with Crippen LogP contribution in [0.2, 0.25) is 0 Å². The van der Waals surface area contributed by atoms with Crippen molar-refractivity contribution in [1.29, 1.82) is 0 Å². The van der Waals surface area contributed by atoms with E-state index in [9.17, 15) is 13.5 Å². The van der Waals surface area contributed by atoms with Crippen molar-refractivity contribution in [3.63, 3.8) is 0 Å². The summed E-state index contributed by atoms with van der Waals surface area (Å²) in [6.07, 6.45) is 2.74. The molecule has 3 unspecified atom stereocenters. The second kappa shape index (κ2) is 5.83. The van der Waals surface area contributed by atoms with Gasteiger partial charge in [-0.2, -0.15) is 5.10 Å². The number of rotatable bonds is 4. The third kappa shape index (κ3) is 3.05. The van der Waals surface area contributed by atoms with Crippen molar-refractivity contribution in [3.05, 3.63) is 11.4 Å². The predicted octanol–water partition coefficient (Wildman–Crippen LogP) is 1.31. The second-order valence-corrected chi connectivity index (χ2v) is 7.52. The first-order valence-corrected chi connectivity index (χ1v) is 8.50. The summed E-state index contributed by atoms with van der Waals surface area (Å²) in [5, 5.41) is 15.6. The van der Waals surface area contributed by atoms with E-state index in [1.54, 1.807) is 6.92 Å². The first-order valence-electron chi connectivity index (χ1n) is 7.02. The molecule has 114 valence electrons. The highest BCUT2D eigenvalue weighted by molar-refractivity contribution is 7.89. The fourth-order valence-electron chi connectivity index (χ4n) is 2.87. The normalized spacial score (nSPS) is 27.7. The molecule has 1 fully saturated rings. The molecule has 0 saturated heterocycles. The van der Waals surface area contributed by atoms with Gasteiger partial charge in [-0.05, 0) is 38.0 Å². The Labute approximate surface area is 120 Å². The lowest BCUT2D eigenvalue weighted by atomic mass is 9.79. The zero-order valence-corrected chi connectivity index (χ0v) is 13.0. The fraction of sp³-hybridized carbons (Fsp3) is 0.769. The standard InChI is InChI=1S/C13H23N3O3S/c1-8-4-5-11(6-9(8)2)16-20(18,19)13-10(3)14-15-12(13)7-17/h8-9,11,16-17H,4-7H2,1-3H3,(H,14,15). The maximum atomic E-state index is 12.5. The smallest absolute Gasteiger partial charge is 0.244 e. The van der Waals surface area contributed by atoms with Crippen LogP contribution in [0.3, 0.4) is 0 Å². The summed E-state index contributed by atoms with van der Waals surface area (Å²) in [6.45, 7) is 5.62. The minimum absolute atomic E-state index is 0.0351. The molecular formula is C13H23N3O3S. The van der Waals surface area contributed by atoms with Crippen molar-refractivity contribution in [2.24, 2.45) is 11.8 Å². The van der Waals surface area contributed by atoms with Crippen LogP contribution < -0.4 is 4.72 Å². The highest BCUT2D eigenvalue weighted by Gasteiger charge is 2.30. The van der Waals surface area contributed by atoms with E-state index in [-0.39, 0.29) is 16.6 Å². The van der Waals surface area contributed by atoms with Gasteiger partial charge in [-0.1, -0.05) is 13.8 Å². The van der Waals surface area contributed by atoms with Crippen LogP contribution in [-0.2, 0) is 16.6 Å². The van der Waals surface area contributed by atoms with Gasteiger partial charge in [0.15, 0.2) is 0 Å². The van der Waals surface area contributed by atoms with Crippen LogP contribution in [-0.4, -0.2) is 29.8 Å². The molecule has 0 aromatic carbocycles. The van der Waals surface area contributed by atoms with Crippen molar-refractivity contribution in [1.82, 2.24) is 14.9 Å². The Hall–Kier alpha value is -0.920. The summed E-state index contributed by atoms with van der Waals surface area (Å²) < 4.78 is 27.7. The minimum Gasteiger partial charge on any atom is -0.390 e. The van der Waals surface area contributed by atoms with Crippen molar-refractivity contribution in [2.45, 2.75) is 57.6 Å². The van der Waals surface area contributed by atoms with Gasteiger partial charge in [0.2, 0.25) is 10.0 Å². The molecule has 0 bridgehead atoms. The lowest BCUT2D eigenvalue weighted by molar-refractivity contribution is 0.241. The van der Waals surface area contributed by atoms with Crippen LogP contribution in [0.15, 0.2) is 4.90 Å². The number of hydrogen-bond acceptors (Lipinski definition) is 4. The molecule has 0 spiro atoms. The van der Waals surface area contributed by atoms with Crippen LogP contribution in [0.4, 0.5) is 0 Å². The highest BCUT2D eigenvalue weighted by atomic mass is 32.2. The SMILES string of the molecule is Cc1[nH]nc(CO)c1S(=O)(=O)NC1CCC(C)C(C)C1. The lowest BCUT2D eigenvalue weighted by Crippen LogP contribution is -2.40. The Morgan fingerprint density at radius 3 is 2.65 bits per heavy atom. The lowest BCUT2D eigenvalue weighted by Gasteiger charge is -2.32. The van der Waals surface area contributed by atoms with Gasteiger partial charge in [0.25, 0.3) is 0 Å². The molecule has 1 aliphatic carbocycles. The third-order valence-electron chi connectivity index (χ3n) is 4.30. The number of nitrogens with zero attached hydrogens (tertiary/aromatic N) is 1. The Kier molecular flexibility index (Phi) is 4.51. The van der Waals surface area contributed by atoms with Gasteiger partial charge in [-0.15, -0.1) is 0 Å². The minimum atomic E-state index is -3.63. The van der Waals surface area contributed by atoms with E-state index in [1.807, 2.05) is 0 Å². The molecule has 1 aliphatic rings. The number of aryl methyl sites for hydroxylation is 1. The number of H-pyrrole nitrogens is 1. The van der Waals surface area contributed by atoms with E-state index in [0.717, 1.165) is 19.3 Å². The average molecular weight is 301 g/mol. The maximum Gasteiger partial charge on any atom is 0.244 e. The van der Waals surface area contributed by atoms with Gasteiger partial charge in [0.05, 0.1) is 12.3 Å². The van der Waals surface area contributed by atoms with E-state index < -0.39 is 16.6 Å². The second-order valence-electron chi connectivity index (χ2n) is 5.87. The zero-order chi connectivity index (χ0) is 14.9. The highest BCUT2D eigenvalue weighted by Crippen LogP contribution is 2.30. The fourth-order valence-corrected chi connectivity index (χ4v) is 4.51. The number of aliphatic hydroxyl groups is 1. The Morgan fingerprint density at radius 1 is 1.35 bits per heavy atom. The van der Waals surface area contributed by atoms with Crippen molar-refractivity contribution < 1.29 is 13.5 Å². The number of aromatic nitrogens is 2. The van der Waals surface area contributed by atoms with E-state index in [1.165, 1.54) is 0 Å². The zero-order valence-electron chi connectivity index (χ0n) is 12.2. The molecule has 0 amide bonds. The number of aromatic amines is 1. The predicted molar refractivity (Wildman–Crippen MR) is 75.5 cm³/mol. The largest absolute Gasteiger partial charge is 0.390 e. The molecule has 1 saturated carbocycles. The Bertz CT molecular complexity index is 567. The molecule has 0 aliphatic heterocycles. The molecule has 3 atom stereocenters. The van der Waals surface area contributed by atoms with E-state index >= 15 is 0 Å². The van der Waals surface area contributed by atoms with Gasteiger partial charge in [0, 0.05) is 6.04 Å². The monoisotopic (exact) mass is 301 g/mol. The Morgan fingerprint density at radius 2 is 2.05 bits per heavy atom. The molecule has 1 heterocycles. The van der Waals surface area contributed by atoms with Gasteiger partial charge < -0.3 is 5.11 Å². The van der Waals surface area contributed by atoms with Crippen molar-refractivity contribution in [3.8, 4) is 0 Å². The summed E-state index contributed by atoms with van der Waals surface area (Å²) in [5.74, 6) is 1.15. The van der Waals surface area contributed by atoms with E-state index in [0.29, 0.717) is 17.5 Å². The molecule has 20 heavy (non-hydrogen) atoms. The number of hydrogen-bond donors (Lipinski definition) is 3. The van der Waals surface area contributed by atoms with Crippen molar-refractivity contribution in [2.75, 3.05) is 0 Å². The van der Waals surface area contributed by atoms with Crippen LogP contribution in [0, 0.1) is 18.8 Å². The first-order chi connectivity index (χ1) is 9.35. The Balaban J connectivity index is 2.17. The quantitative estimate of drug-likeness (QED) is 0.781. The average Bonchev–Trinajstić information content (AvgIpc) is 2.75. The molecular weight excluding hydrogens is 278 g/mol. The van der Waals surface area contributed by atoms with Crippen LogP contribution in [0.25, 0.3) is 0 Å². The first kappa shape index (κ1) is 15.5. The molecule has 2 rings (SSSR count). The number of aliphatic hydroxyl groups excluding tert-OH is 1. The maximum absolute atomic E-state index is 12.5. The van der Waals surface area contributed by atoms with Crippen LogP contribution in [0.5, 0.6) is 0 Å². The number of sulfonamides is 1. The summed E-state index contributed by atoms with van der Waals surface area (Å²) in [7, 11) is -3.63. The van der Waals surface area contributed by atoms with Crippen molar-refractivity contribution >= 4 is 10.0 Å². The summed E-state index contributed by atoms with van der Waals surface area (Å²) >= 11 is 0. The number of nitrogens with one attached hydrogen (secondary N) is 2. The van der Waals surface area contributed by atoms with Gasteiger partial charge in [-0.25, -0.2) is 13.1 Å². The van der Waals surface area contributed by atoms with Gasteiger partial charge in [0.1, 0.15) is 10.6 Å². The van der Waals surface area contributed by atoms with Crippen LogP contribution in [0.1, 0.15) is 44.5 Å². The topological polar surface area (TPSA) is 95.1 Å². The van der Waals surface area contributed by atoms with Gasteiger partial charge in [-0.3, -0.25) is 5.10 Å². The van der Waals surface area contributed by atoms with Crippen LogP contribution >= 0.6 is 0 Å². The molecule has 0 radical (unpaired) electrons. The van der Waals surface area contributed by atoms with Gasteiger partial charge >= 0.3 is 0 Å². The molecule has 6 nitrogen and oxygen atoms in total. The molecule has 1 aromatic rings. The molecule has 3 N–H and O–H groups in total.